The van der Waals surface area contributed by atoms with E-state index in [0.29, 0.717) is 5.92 Å². The Morgan fingerprint density at radius 3 is 3.29 bits per heavy atom. The first-order chi connectivity index (χ1) is 8.31. The molecule has 88 valence electrons. The van der Waals surface area contributed by atoms with Crippen LogP contribution in [0.3, 0.4) is 0 Å². The highest BCUT2D eigenvalue weighted by atomic mass is 16.3. The molecule has 0 saturated carbocycles. The second kappa shape index (κ2) is 3.33. The zero-order valence-electron chi connectivity index (χ0n) is 9.99. The fourth-order valence-electron chi connectivity index (χ4n) is 3.49. The van der Waals surface area contributed by atoms with Gasteiger partial charge in [0.1, 0.15) is 6.26 Å². The van der Waals surface area contributed by atoms with E-state index in [9.17, 15) is 0 Å². The van der Waals surface area contributed by atoms with Crippen molar-refractivity contribution in [2.24, 2.45) is 5.92 Å². The van der Waals surface area contributed by atoms with Gasteiger partial charge < -0.3 is 9.73 Å². The minimum Gasteiger partial charge on any atom is -0.450 e. The topological polar surface area (TPSA) is 38.1 Å². The lowest BCUT2D eigenvalue weighted by Crippen LogP contribution is -2.38. The molecular weight excluding hydrogens is 212 g/mol. The molecule has 0 aromatic heterocycles. The quantitative estimate of drug-likeness (QED) is 0.752. The summed E-state index contributed by atoms with van der Waals surface area (Å²) >= 11 is 0. The van der Waals surface area contributed by atoms with E-state index in [1.807, 2.05) is 13.2 Å². The first kappa shape index (κ1) is 9.66. The molecule has 1 fully saturated rings. The van der Waals surface area contributed by atoms with Crippen molar-refractivity contribution in [3.63, 3.8) is 0 Å². The molecule has 1 saturated heterocycles. The molecular formula is C14H16N2O. The van der Waals surface area contributed by atoms with Gasteiger partial charge in [0.05, 0.1) is 5.69 Å². The van der Waals surface area contributed by atoms with Crippen molar-refractivity contribution in [2.75, 3.05) is 13.1 Å². The molecule has 2 aliphatic heterocycles. The van der Waals surface area contributed by atoms with Gasteiger partial charge in [-0.25, -0.2) is 4.98 Å². The average Bonchev–Trinajstić information content (AvgIpc) is 2.67. The summed E-state index contributed by atoms with van der Waals surface area (Å²) < 4.78 is 5.46. The van der Waals surface area contributed by atoms with Crippen LogP contribution in [0.15, 0.2) is 16.7 Å². The number of nitrogens with one attached hydrogen (secondary N) is 1. The van der Waals surface area contributed by atoms with E-state index >= 15 is 0 Å². The van der Waals surface area contributed by atoms with Gasteiger partial charge in [0.2, 0.25) is 0 Å². The van der Waals surface area contributed by atoms with Crippen molar-refractivity contribution in [1.29, 1.82) is 0 Å². The zero-order chi connectivity index (χ0) is 11.4. The van der Waals surface area contributed by atoms with Gasteiger partial charge >= 0.3 is 0 Å². The maximum atomic E-state index is 5.46. The molecule has 2 unspecified atom stereocenters. The highest BCUT2D eigenvalue weighted by Crippen LogP contribution is 2.43. The van der Waals surface area contributed by atoms with Gasteiger partial charge in [-0.2, -0.15) is 0 Å². The number of aromatic nitrogens is 1. The molecule has 1 N–H and O–H groups in total. The van der Waals surface area contributed by atoms with E-state index in [0.717, 1.165) is 24.0 Å². The SMILES string of the molecule is Cc1nc2cc3c(c-2co1)CC1CNCC3C1. The largest absolute Gasteiger partial charge is 0.450 e. The van der Waals surface area contributed by atoms with Crippen molar-refractivity contribution < 1.29 is 4.42 Å². The lowest BCUT2D eigenvalue weighted by atomic mass is 9.76. The van der Waals surface area contributed by atoms with Crippen LogP contribution in [0, 0.1) is 12.8 Å². The van der Waals surface area contributed by atoms with Crippen LogP contribution in [-0.4, -0.2) is 18.1 Å². The summed E-state index contributed by atoms with van der Waals surface area (Å²) in [5.41, 5.74) is 5.37. The van der Waals surface area contributed by atoms with E-state index in [2.05, 4.69) is 16.4 Å². The summed E-state index contributed by atoms with van der Waals surface area (Å²) in [5.74, 6) is 2.24. The molecule has 17 heavy (non-hydrogen) atoms. The van der Waals surface area contributed by atoms with Crippen molar-refractivity contribution in [2.45, 2.75) is 25.7 Å². The van der Waals surface area contributed by atoms with Gasteiger partial charge in [-0.05, 0) is 48.4 Å². The number of fused-ring (bicyclic) bond motifs is 6. The Kier molecular flexibility index (Phi) is 1.89. The van der Waals surface area contributed by atoms with Gasteiger partial charge in [-0.15, -0.1) is 0 Å². The Bertz CT molecular complexity index is 546. The maximum absolute atomic E-state index is 5.46. The third-order valence-corrected chi connectivity index (χ3v) is 4.24. The molecule has 0 aromatic rings. The number of rotatable bonds is 0. The molecule has 0 aromatic carbocycles. The first-order valence-electron chi connectivity index (χ1n) is 6.39. The third kappa shape index (κ3) is 1.35. The van der Waals surface area contributed by atoms with Crippen molar-refractivity contribution in [3.05, 3.63) is 29.3 Å². The summed E-state index contributed by atoms with van der Waals surface area (Å²) in [6, 6.07) is 2.28. The molecule has 3 nitrogen and oxygen atoms in total. The summed E-state index contributed by atoms with van der Waals surface area (Å²) in [5, 5.41) is 3.54. The third-order valence-electron chi connectivity index (χ3n) is 4.24. The van der Waals surface area contributed by atoms with Crippen LogP contribution in [0.5, 0.6) is 0 Å². The molecule has 2 bridgehead atoms. The Morgan fingerprint density at radius 2 is 2.35 bits per heavy atom. The molecule has 2 aliphatic carbocycles. The van der Waals surface area contributed by atoms with Gasteiger partial charge in [0, 0.05) is 19.0 Å². The van der Waals surface area contributed by atoms with E-state index in [1.54, 1.807) is 0 Å². The first-order valence-corrected chi connectivity index (χ1v) is 6.39. The van der Waals surface area contributed by atoms with Crippen molar-refractivity contribution in [1.82, 2.24) is 10.3 Å². The fourth-order valence-corrected chi connectivity index (χ4v) is 3.49. The molecule has 2 heterocycles. The number of piperidine rings is 1. The summed E-state index contributed by atoms with van der Waals surface area (Å²) in [6.45, 7) is 4.19. The van der Waals surface area contributed by atoms with Crippen LogP contribution in [0.2, 0.25) is 0 Å². The smallest absolute Gasteiger partial charge is 0.191 e. The molecule has 4 rings (SSSR count). The van der Waals surface area contributed by atoms with E-state index in [-0.39, 0.29) is 0 Å². The van der Waals surface area contributed by atoms with Crippen LogP contribution in [0.25, 0.3) is 11.3 Å². The Balaban J connectivity index is 1.93. The molecule has 4 aliphatic rings. The zero-order valence-corrected chi connectivity index (χ0v) is 9.99. The van der Waals surface area contributed by atoms with Gasteiger partial charge in [-0.3, -0.25) is 0 Å². The molecule has 3 heteroatoms. The highest BCUT2D eigenvalue weighted by molar-refractivity contribution is 5.70. The van der Waals surface area contributed by atoms with E-state index < -0.39 is 0 Å². The minimum absolute atomic E-state index is 0.687. The average molecular weight is 228 g/mol. The second-order valence-corrected chi connectivity index (χ2v) is 5.40. The van der Waals surface area contributed by atoms with Gasteiger partial charge in [0.25, 0.3) is 0 Å². The Hall–Kier alpha value is -1.35. The number of hydrogen-bond acceptors (Lipinski definition) is 3. The second-order valence-electron chi connectivity index (χ2n) is 5.40. The van der Waals surface area contributed by atoms with Crippen LogP contribution in [0.1, 0.15) is 29.4 Å². The highest BCUT2D eigenvalue weighted by Gasteiger charge is 2.34. The molecule has 0 radical (unpaired) electrons. The van der Waals surface area contributed by atoms with E-state index in [1.165, 1.54) is 36.1 Å². The lowest BCUT2D eigenvalue weighted by molar-refractivity contribution is 0.319. The van der Waals surface area contributed by atoms with Crippen LogP contribution >= 0.6 is 0 Å². The predicted molar refractivity (Wildman–Crippen MR) is 65.3 cm³/mol. The van der Waals surface area contributed by atoms with Crippen LogP contribution < -0.4 is 5.32 Å². The molecule has 0 amide bonds. The lowest BCUT2D eigenvalue weighted by Gasteiger charge is -2.35. The van der Waals surface area contributed by atoms with Crippen LogP contribution in [0.4, 0.5) is 0 Å². The monoisotopic (exact) mass is 228 g/mol. The minimum atomic E-state index is 0.687. The van der Waals surface area contributed by atoms with Crippen molar-refractivity contribution in [3.8, 4) is 11.3 Å². The number of aryl methyl sites for hydroxylation is 1. The number of nitrogens with zero attached hydrogens (tertiary/aromatic N) is 1. The van der Waals surface area contributed by atoms with Gasteiger partial charge in [0.15, 0.2) is 5.89 Å². The summed E-state index contributed by atoms with van der Waals surface area (Å²) in [7, 11) is 0. The predicted octanol–water partition coefficient (Wildman–Crippen LogP) is 2.34. The van der Waals surface area contributed by atoms with E-state index in [4.69, 9.17) is 4.42 Å². The Morgan fingerprint density at radius 1 is 1.41 bits per heavy atom. The summed E-state index contributed by atoms with van der Waals surface area (Å²) in [6.07, 6.45) is 4.42. The molecule has 2 atom stereocenters. The van der Waals surface area contributed by atoms with Crippen LogP contribution in [-0.2, 0) is 6.42 Å². The molecule has 0 spiro atoms. The fraction of sp³-hybridized carbons (Fsp3) is 0.500. The number of hydrogen-bond donors (Lipinski definition) is 1. The normalized spacial score (nSPS) is 27.1. The maximum Gasteiger partial charge on any atom is 0.191 e. The van der Waals surface area contributed by atoms with Crippen molar-refractivity contribution >= 4 is 0 Å². The van der Waals surface area contributed by atoms with Gasteiger partial charge in [-0.1, -0.05) is 0 Å². The summed E-state index contributed by atoms with van der Waals surface area (Å²) in [4.78, 5) is 4.51. The Labute approximate surface area is 101 Å². The standard InChI is InChI=1S/C14H16N2O/c1-8-16-14-4-11-10-2-9(5-15-6-10)3-12(11)13(14)7-17-8/h4,7,9-10,15H,2-3,5-6H2,1H3.